The Kier molecular flexibility index (Phi) is 5.53. The van der Waals surface area contributed by atoms with E-state index in [4.69, 9.17) is 0 Å². The highest BCUT2D eigenvalue weighted by Gasteiger charge is 2.27. The first kappa shape index (κ1) is 17.0. The Labute approximate surface area is 144 Å². The van der Waals surface area contributed by atoms with Crippen molar-refractivity contribution >= 4 is 0 Å². The molecule has 0 N–H and O–H groups in total. The van der Waals surface area contributed by atoms with E-state index in [1.54, 1.807) is 6.20 Å². The van der Waals surface area contributed by atoms with Gasteiger partial charge in [0.1, 0.15) is 5.69 Å². The molecule has 1 aliphatic heterocycles. The Bertz CT molecular complexity index is 626. The number of rotatable bonds is 5. The van der Waals surface area contributed by atoms with Gasteiger partial charge in [-0.05, 0) is 32.4 Å². The molecule has 1 atom stereocenters. The molecule has 5 nitrogen and oxygen atoms in total. The SMILES string of the molecule is CCC1CN(Cc2cnc(-c3ccccn3)nc2)CCN1C(C)C. The minimum Gasteiger partial charge on any atom is -0.296 e. The molecule has 5 heteroatoms. The van der Waals surface area contributed by atoms with Crippen LogP contribution in [0.3, 0.4) is 0 Å². The number of piperazine rings is 1. The van der Waals surface area contributed by atoms with Gasteiger partial charge in [-0.25, -0.2) is 9.97 Å². The average Bonchev–Trinajstić information content (AvgIpc) is 2.63. The Morgan fingerprint density at radius 1 is 1.12 bits per heavy atom. The van der Waals surface area contributed by atoms with Crippen molar-refractivity contribution < 1.29 is 0 Å². The molecule has 0 bridgehead atoms. The molecular weight excluding hydrogens is 298 g/mol. The summed E-state index contributed by atoms with van der Waals surface area (Å²) in [5.74, 6) is 0.690. The van der Waals surface area contributed by atoms with Gasteiger partial charge < -0.3 is 0 Å². The molecule has 2 aromatic heterocycles. The smallest absolute Gasteiger partial charge is 0.178 e. The van der Waals surface area contributed by atoms with Crippen LogP contribution in [0.1, 0.15) is 32.8 Å². The lowest BCUT2D eigenvalue weighted by Gasteiger charge is -2.43. The van der Waals surface area contributed by atoms with E-state index in [0.29, 0.717) is 17.9 Å². The first-order valence-electron chi connectivity index (χ1n) is 8.87. The Morgan fingerprint density at radius 2 is 1.92 bits per heavy atom. The second-order valence-corrected chi connectivity index (χ2v) is 6.76. The maximum atomic E-state index is 4.49. The molecule has 1 aliphatic rings. The van der Waals surface area contributed by atoms with Crippen molar-refractivity contribution in [2.45, 2.75) is 45.8 Å². The van der Waals surface area contributed by atoms with Crippen molar-refractivity contribution in [3.05, 3.63) is 42.4 Å². The first-order valence-corrected chi connectivity index (χ1v) is 8.87. The molecule has 0 aromatic carbocycles. The van der Waals surface area contributed by atoms with Crippen LogP contribution in [0.2, 0.25) is 0 Å². The number of nitrogens with zero attached hydrogens (tertiary/aromatic N) is 5. The molecule has 24 heavy (non-hydrogen) atoms. The van der Waals surface area contributed by atoms with E-state index in [0.717, 1.165) is 31.9 Å². The second kappa shape index (κ2) is 7.81. The summed E-state index contributed by atoms with van der Waals surface area (Å²) in [6.07, 6.45) is 6.84. The van der Waals surface area contributed by atoms with Gasteiger partial charge in [-0.3, -0.25) is 14.8 Å². The zero-order valence-electron chi connectivity index (χ0n) is 14.9. The van der Waals surface area contributed by atoms with Gasteiger partial charge in [0, 0.05) is 62.4 Å². The van der Waals surface area contributed by atoms with E-state index >= 15 is 0 Å². The fourth-order valence-corrected chi connectivity index (χ4v) is 3.44. The lowest BCUT2D eigenvalue weighted by molar-refractivity contribution is 0.0456. The summed E-state index contributed by atoms with van der Waals surface area (Å²) in [7, 11) is 0. The zero-order valence-corrected chi connectivity index (χ0v) is 14.9. The first-order chi connectivity index (χ1) is 11.7. The van der Waals surface area contributed by atoms with E-state index in [9.17, 15) is 0 Å². The van der Waals surface area contributed by atoms with Crippen LogP contribution in [-0.2, 0) is 6.54 Å². The predicted octanol–water partition coefficient (Wildman–Crippen LogP) is 2.84. The average molecular weight is 325 g/mol. The largest absolute Gasteiger partial charge is 0.296 e. The summed E-state index contributed by atoms with van der Waals surface area (Å²) in [5, 5.41) is 0. The van der Waals surface area contributed by atoms with E-state index in [2.05, 4.69) is 45.5 Å². The van der Waals surface area contributed by atoms with Crippen LogP contribution in [0.15, 0.2) is 36.8 Å². The quantitative estimate of drug-likeness (QED) is 0.846. The molecule has 1 fully saturated rings. The van der Waals surface area contributed by atoms with Crippen molar-refractivity contribution in [2.24, 2.45) is 0 Å². The maximum Gasteiger partial charge on any atom is 0.178 e. The minimum absolute atomic E-state index is 0.623. The summed E-state index contributed by atoms with van der Waals surface area (Å²) in [6, 6.07) is 7.06. The number of hydrogen-bond donors (Lipinski definition) is 0. The summed E-state index contributed by atoms with van der Waals surface area (Å²) >= 11 is 0. The maximum absolute atomic E-state index is 4.49. The molecule has 0 amide bonds. The van der Waals surface area contributed by atoms with Crippen molar-refractivity contribution in [2.75, 3.05) is 19.6 Å². The van der Waals surface area contributed by atoms with Gasteiger partial charge in [0.25, 0.3) is 0 Å². The topological polar surface area (TPSA) is 45.2 Å². The molecule has 1 saturated heterocycles. The number of pyridine rings is 1. The van der Waals surface area contributed by atoms with Gasteiger partial charge in [-0.2, -0.15) is 0 Å². The molecule has 0 aliphatic carbocycles. The minimum atomic E-state index is 0.623. The van der Waals surface area contributed by atoms with Gasteiger partial charge in [-0.15, -0.1) is 0 Å². The molecule has 2 aromatic rings. The van der Waals surface area contributed by atoms with E-state index in [1.165, 1.54) is 12.0 Å². The third-order valence-electron chi connectivity index (χ3n) is 4.75. The van der Waals surface area contributed by atoms with Crippen LogP contribution in [-0.4, -0.2) is 56.5 Å². The molecule has 0 saturated carbocycles. The fourth-order valence-electron chi connectivity index (χ4n) is 3.44. The van der Waals surface area contributed by atoms with Gasteiger partial charge in [0.05, 0.1) is 0 Å². The van der Waals surface area contributed by atoms with Gasteiger partial charge >= 0.3 is 0 Å². The molecule has 128 valence electrons. The summed E-state index contributed by atoms with van der Waals surface area (Å²) in [4.78, 5) is 18.4. The van der Waals surface area contributed by atoms with Gasteiger partial charge in [-0.1, -0.05) is 13.0 Å². The lowest BCUT2D eigenvalue weighted by Crippen LogP contribution is -2.54. The normalized spacial score (nSPS) is 19.8. The second-order valence-electron chi connectivity index (χ2n) is 6.76. The fraction of sp³-hybridized carbons (Fsp3) is 0.526. The van der Waals surface area contributed by atoms with E-state index in [1.807, 2.05) is 30.6 Å². The summed E-state index contributed by atoms with van der Waals surface area (Å²) in [6.45, 7) is 11.2. The Morgan fingerprint density at radius 3 is 2.54 bits per heavy atom. The number of aromatic nitrogens is 3. The van der Waals surface area contributed by atoms with Crippen molar-refractivity contribution in [1.29, 1.82) is 0 Å². The molecule has 0 spiro atoms. The van der Waals surface area contributed by atoms with E-state index in [-0.39, 0.29) is 0 Å². The lowest BCUT2D eigenvalue weighted by atomic mass is 10.1. The highest BCUT2D eigenvalue weighted by atomic mass is 15.3. The van der Waals surface area contributed by atoms with Crippen LogP contribution in [0.25, 0.3) is 11.5 Å². The van der Waals surface area contributed by atoms with Crippen LogP contribution in [0.5, 0.6) is 0 Å². The van der Waals surface area contributed by atoms with Gasteiger partial charge in [0.2, 0.25) is 0 Å². The third kappa shape index (κ3) is 3.97. The molecular formula is C19H27N5. The standard InChI is InChI=1S/C19H27N5/c1-4-17-14-23(9-10-24(17)15(2)3)13-16-11-21-19(22-12-16)18-7-5-6-8-20-18/h5-8,11-12,15,17H,4,9-10,13-14H2,1-3H3. The highest BCUT2D eigenvalue weighted by Crippen LogP contribution is 2.18. The number of hydrogen-bond acceptors (Lipinski definition) is 5. The van der Waals surface area contributed by atoms with Crippen molar-refractivity contribution in [3.63, 3.8) is 0 Å². The third-order valence-corrected chi connectivity index (χ3v) is 4.75. The predicted molar refractivity (Wildman–Crippen MR) is 96.5 cm³/mol. The zero-order chi connectivity index (χ0) is 16.9. The van der Waals surface area contributed by atoms with Crippen LogP contribution in [0, 0.1) is 0 Å². The molecule has 3 heterocycles. The summed E-state index contributed by atoms with van der Waals surface area (Å²) in [5.41, 5.74) is 1.99. The van der Waals surface area contributed by atoms with Crippen LogP contribution >= 0.6 is 0 Å². The van der Waals surface area contributed by atoms with Gasteiger partial charge in [0.15, 0.2) is 5.82 Å². The van der Waals surface area contributed by atoms with Crippen LogP contribution < -0.4 is 0 Å². The molecule has 1 unspecified atom stereocenters. The summed E-state index contributed by atoms with van der Waals surface area (Å²) < 4.78 is 0. The van der Waals surface area contributed by atoms with Crippen molar-refractivity contribution in [3.8, 4) is 11.5 Å². The van der Waals surface area contributed by atoms with Crippen LogP contribution in [0.4, 0.5) is 0 Å². The van der Waals surface area contributed by atoms with E-state index < -0.39 is 0 Å². The Hall–Kier alpha value is -1.85. The Balaban J connectivity index is 1.62. The monoisotopic (exact) mass is 325 g/mol. The molecule has 3 rings (SSSR count). The highest BCUT2D eigenvalue weighted by molar-refractivity contribution is 5.47. The van der Waals surface area contributed by atoms with Crippen molar-refractivity contribution in [1.82, 2.24) is 24.8 Å². The molecule has 0 radical (unpaired) electrons.